The molecule has 0 saturated heterocycles. The number of hydrogen-bond acceptors (Lipinski definition) is 2. The Morgan fingerprint density at radius 2 is 1.93 bits per heavy atom. The lowest BCUT2D eigenvalue weighted by Gasteiger charge is -2.27. The number of carbonyl (C=O) groups is 1. The monoisotopic (exact) mass is 212 g/mol. The van der Waals surface area contributed by atoms with E-state index >= 15 is 0 Å². The number of rotatable bonds is 6. The van der Waals surface area contributed by atoms with Gasteiger partial charge in [-0.15, -0.1) is 6.58 Å². The van der Waals surface area contributed by atoms with Crippen molar-refractivity contribution in [2.45, 2.75) is 46.2 Å². The van der Waals surface area contributed by atoms with Gasteiger partial charge < -0.3 is 10.6 Å². The molecular formula is C12H24N2O. The summed E-state index contributed by atoms with van der Waals surface area (Å²) >= 11 is 0. The summed E-state index contributed by atoms with van der Waals surface area (Å²) in [6.45, 7) is 12.3. The Kier molecular flexibility index (Phi) is 6.25. The van der Waals surface area contributed by atoms with Gasteiger partial charge in [0.05, 0.1) is 0 Å². The maximum Gasteiger partial charge on any atom is 0.224 e. The minimum absolute atomic E-state index is 0.0523. The number of nitrogens with zero attached hydrogens (tertiary/aromatic N) is 1. The zero-order valence-corrected chi connectivity index (χ0v) is 10.4. The topological polar surface area (TPSA) is 46.3 Å². The first-order chi connectivity index (χ1) is 6.90. The van der Waals surface area contributed by atoms with Crippen LogP contribution in [0, 0.1) is 5.92 Å². The summed E-state index contributed by atoms with van der Waals surface area (Å²) < 4.78 is 0. The standard InChI is InChI=1S/C12H24N2O/c1-6-7-14(10(4)5)12(15)8-11(13)9(2)3/h6,9-11H,1,7-8,13H2,2-5H3. The molecule has 0 aromatic rings. The molecule has 1 atom stereocenters. The lowest BCUT2D eigenvalue weighted by atomic mass is 10.0. The van der Waals surface area contributed by atoms with Gasteiger partial charge in [0, 0.05) is 25.0 Å². The quantitative estimate of drug-likeness (QED) is 0.682. The lowest BCUT2D eigenvalue weighted by molar-refractivity contribution is -0.132. The van der Waals surface area contributed by atoms with Gasteiger partial charge in [0.25, 0.3) is 0 Å². The van der Waals surface area contributed by atoms with E-state index in [9.17, 15) is 4.79 Å². The molecular weight excluding hydrogens is 188 g/mol. The molecule has 1 unspecified atom stereocenters. The third-order valence-electron chi connectivity index (χ3n) is 2.54. The Bertz CT molecular complexity index is 212. The third-order valence-corrected chi connectivity index (χ3v) is 2.54. The Morgan fingerprint density at radius 3 is 2.27 bits per heavy atom. The highest BCUT2D eigenvalue weighted by Crippen LogP contribution is 2.08. The number of amides is 1. The minimum Gasteiger partial charge on any atom is -0.337 e. The van der Waals surface area contributed by atoms with E-state index in [0.29, 0.717) is 18.9 Å². The van der Waals surface area contributed by atoms with Crippen LogP contribution in [0.1, 0.15) is 34.1 Å². The predicted octanol–water partition coefficient (Wildman–Crippen LogP) is 1.78. The van der Waals surface area contributed by atoms with Crippen molar-refractivity contribution < 1.29 is 4.79 Å². The summed E-state index contributed by atoms with van der Waals surface area (Å²) in [5.41, 5.74) is 5.88. The van der Waals surface area contributed by atoms with Crippen LogP contribution >= 0.6 is 0 Å². The molecule has 0 aromatic carbocycles. The minimum atomic E-state index is -0.0523. The molecule has 0 aromatic heterocycles. The molecule has 88 valence electrons. The van der Waals surface area contributed by atoms with E-state index in [2.05, 4.69) is 6.58 Å². The van der Waals surface area contributed by atoms with E-state index in [0.717, 1.165) is 0 Å². The van der Waals surface area contributed by atoms with Crippen LogP contribution in [0.3, 0.4) is 0 Å². The highest BCUT2D eigenvalue weighted by atomic mass is 16.2. The van der Waals surface area contributed by atoms with E-state index < -0.39 is 0 Å². The molecule has 3 heteroatoms. The molecule has 0 rings (SSSR count). The zero-order valence-electron chi connectivity index (χ0n) is 10.4. The first kappa shape index (κ1) is 14.2. The highest BCUT2D eigenvalue weighted by Gasteiger charge is 2.19. The van der Waals surface area contributed by atoms with Crippen molar-refractivity contribution in [1.82, 2.24) is 4.90 Å². The molecule has 15 heavy (non-hydrogen) atoms. The Hall–Kier alpha value is -0.830. The van der Waals surface area contributed by atoms with E-state index in [1.807, 2.05) is 27.7 Å². The highest BCUT2D eigenvalue weighted by molar-refractivity contribution is 5.77. The van der Waals surface area contributed by atoms with Crippen LogP contribution in [0.15, 0.2) is 12.7 Å². The molecule has 3 nitrogen and oxygen atoms in total. The first-order valence-electron chi connectivity index (χ1n) is 5.56. The van der Waals surface area contributed by atoms with Crippen LogP contribution in [0.5, 0.6) is 0 Å². The second-order valence-corrected chi connectivity index (χ2v) is 4.54. The average Bonchev–Trinajstić information content (AvgIpc) is 2.12. The van der Waals surface area contributed by atoms with Gasteiger partial charge in [-0.2, -0.15) is 0 Å². The van der Waals surface area contributed by atoms with Gasteiger partial charge in [0.2, 0.25) is 5.91 Å². The molecule has 0 saturated carbocycles. The maximum absolute atomic E-state index is 11.9. The maximum atomic E-state index is 11.9. The first-order valence-corrected chi connectivity index (χ1v) is 5.56. The van der Waals surface area contributed by atoms with E-state index in [4.69, 9.17) is 5.73 Å². The molecule has 0 aliphatic rings. The van der Waals surface area contributed by atoms with Crippen molar-refractivity contribution in [2.24, 2.45) is 11.7 Å². The molecule has 0 radical (unpaired) electrons. The Balaban J connectivity index is 4.31. The molecule has 0 fully saturated rings. The van der Waals surface area contributed by atoms with Crippen molar-refractivity contribution >= 4 is 5.91 Å². The number of hydrogen-bond donors (Lipinski definition) is 1. The summed E-state index contributed by atoms with van der Waals surface area (Å²) in [6, 6.07) is 0.151. The number of nitrogens with two attached hydrogens (primary N) is 1. The van der Waals surface area contributed by atoms with Gasteiger partial charge in [0.15, 0.2) is 0 Å². The molecule has 0 aliphatic carbocycles. The predicted molar refractivity (Wildman–Crippen MR) is 64.5 cm³/mol. The average molecular weight is 212 g/mol. The smallest absolute Gasteiger partial charge is 0.224 e. The Morgan fingerprint density at radius 1 is 1.40 bits per heavy atom. The van der Waals surface area contributed by atoms with Crippen molar-refractivity contribution in [2.75, 3.05) is 6.54 Å². The van der Waals surface area contributed by atoms with Crippen molar-refractivity contribution in [3.63, 3.8) is 0 Å². The van der Waals surface area contributed by atoms with Gasteiger partial charge in [-0.3, -0.25) is 4.79 Å². The van der Waals surface area contributed by atoms with Gasteiger partial charge in [-0.25, -0.2) is 0 Å². The molecule has 2 N–H and O–H groups in total. The second kappa shape index (κ2) is 6.62. The molecule has 0 aliphatic heterocycles. The van der Waals surface area contributed by atoms with Gasteiger partial charge in [-0.1, -0.05) is 19.9 Å². The van der Waals surface area contributed by atoms with Crippen LogP contribution in [0.4, 0.5) is 0 Å². The lowest BCUT2D eigenvalue weighted by Crippen LogP contribution is -2.41. The molecule has 0 spiro atoms. The summed E-state index contributed by atoms with van der Waals surface area (Å²) in [5, 5.41) is 0. The molecule has 1 amide bonds. The zero-order chi connectivity index (χ0) is 12.0. The summed E-state index contributed by atoms with van der Waals surface area (Å²) in [4.78, 5) is 13.7. The fourth-order valence-corrected chi connectivity index (χ4v) is 1.29. The Labute approximate surface area is 93.3 Å². The van der Waals surface area contributed by atoms with Crippen molar-refractivity contribution in [1.29, 1.82) is 0 Å². The van der Waals surface area contributed by atoms with Crippen LogP contribution in [-0.4, -0.2) is 29.4 Å². The van der Waals surface area contributed by atoms with E-state index in [-0.39, 0.29) is 18.0 Å². The van der Waals surface area contributed by atoms with Gasteiger partial charge >= 0.3 is 0 Å². The van der Waals surface area contributed by atoms with Crippen LogP contribution in [0.2, 0.25) is 0 Å². The van der Waals surface area contributed by atoms with Crippen LogP contribution in [0.25, 0.3) is 0 Å². The van der Waals surface area contributed by atoms with E-state index in [1.165, 1.54) is 0 Å². The molecule has 0 bridgehead atoms. The molecule has 0 heterocycles. The van der Waals surface area contributed by atoms with Gasteiger partial charge in [0.1, 0.15) is 0 Å². The fourth-order valence-electron chi connectivity index (χ4n) is 1.29. The fraction of sp³-hybridized carbons (Fsp3) is 0.750. The normalized spacial score (nSPS) is 13.0. The third kappa shape index (κ3) is 4.98. The van der Waals surface area contributed by atoms with Crippen molar-refractivity contribution in [3.8, 4) is 0 Å². The number of carbonyl (C=O) groups excluding carboxylic acids is 1. The van der Waals surface area contributed by atoms with E-state index in [1.54, 1.807) is 11.0 Å². The summed E-state index contributed by atoms with van der Waals surface area (Å²) in [6.07, 6.45) is 2.17. The SMILES string of the molecule is C=CCN(C(=O)CC(N)C(C)C)C(C)C. The van der Waals surface area contributed by atoms with Gasteiger partial charge in [-0.05, 0) is 19.8 Å². The van der Waals surface area contributed by atoms with Crippen LogP contribution < -0.4 is 5.73 Å². The largest absolute Gasteiger partial charge is 0.337 e. The summed E-state index contributed by atoms with van der Waals surface area (Å²) in [7, 11) is 0. The van der Waals surface area contributed by atoms with Crippen LogP contribution in [-0.2, 0) is 4.79 Å². The summed E-state index contributed by atoms with van der Waals surface area (Å²) in [5.74, 6) is 0.456. The van der Waals surface area contributed by atoms with Crippen molar-refractivity contribution in [3.05, 3.63) is 12.7 Å². The second-order valence-electron chi connectivity index (χ2n) is 4.54.